The molecule has 3 aromatic rings. The van der Waals surface area contributed by atoms with Crippen LogP contribution in [0.2, 0.25) is 10.0 Å². The zero-order valence-electron chi connectivity index (χ0n) is 10.3. The molecule has 0 aliphatic carbocycles. The van der Waals surface area contributed by atoms with Crippen molar-refractivity contribution in [1.29, 1.82) is 0 Å². The van der Waals surface area contributed by atoms with E-state index in [1.54, 1.807) is 36.5 Å². The maximum absolute atomic E-state index is 12.6. The molecule has 0 fully saturated rings. The van der Waals surface area contributed by atoms with Crippen LogP contribution in [0.5, 0.6) is 0 Å². The SMILES string of the molecule is Nc1cc(Cl)ccc1C(=O)c1c[nH]c2cc(Cl)ccc12. The fraction of sp³-hybridized carbons (Fsp3) is 0. The Kier molecular flexibility index (Phi) is 3.16. The van der Waals surface area contributed by atoms with Gasteiger partial charge in [0.1, 0.15) is 0 Å². The molecule has 0 saturated heterocycles. The van der Waals surface area contributed by atoms with Gasteiger partial charge in [0.2, 0.25) is 0 Å². The Balaban J connectivity index is 2.13. The highest BCUT2D eigenvalue weighted by Crippen LogP contribution is 2.26. The number of nitrogen functional groups attached to an aromatic ring is 1. The number of anilines is 1. The molecule has 0 radical (unpaired) electrons. The first-order valence-corrected chi connectivity index (χ1v) is 6.68. The van der Waals surface area contributed by atoms with Gasteiger partial charge in [0, 0.05) is 44.0 Å². The molecule has 1 aromatic heterocycles. The zero-order chi connectivity index (χ0) is 14.3. The van der Waals surface area contributed by atoms with Crippen LogP contribution in [-0.4, -0.2) is 10.8 Å². The molecule has 20 heavy (non-hydrogen) atoms. The summed E-state index contributed by atoms with van der Waals surface area (Å²) in [5, 5.41) is 1.93. The number of aromatic amines is 1. The molecule has 3 rings (SSSR count). The van der Waals surface area contributed by atoms with Gasteiger partial charge in [0.25, 0.3) is 0 Å². The number of nitrogens with one attached hydrogen (secondary N) is 1. The molecule has 1 heterocycles. The van der Waals surface area contributed by atoms with Crippen LogP contribution in [0.25, 0.3) is 10.9 Å². The number of benzene rings is 2. The first kappa shape index (κ1) is 13.0. The Bertz CT molecular complexity index is 824. The fourth-order valence-corrected chi connectivity index (χ4v) is 2.52. The van der Waals surface area contributed by atoms with Crippen molar-refractivity contribution in [3.63, 3.8) is 0 Å². The predicted molar refractivity (Wildman–Crippen MR) is 82.6 cm³/mol. The summed E-state index contributed by atoms with van der Waals surface area (Å²) in [6.45, 7) is 0. The van der Waals surface area contributed by atoms with Gasteiger partial charge in [-0.05, 0) is 30.3 Å². The van der Waals surface area contributed by atoms with Crippen LogP contribution in [0.3, 0.4) is 0 Å². The highest BCUT2D eigenvalue weighted by molar-refractivity contribution is 6.32. The Labute approximate surface area is 125 Å². The van der Waals surface area contributed by atoms with E-state index in [4.69, 9.17) is 28.9 Å². The average molecular weight is 305 g/mol. The van der Waals surface area contributed by atoms with Gasteiger partial charge in [0.05, 0.1) is 0 Å². The van der Waals surface area contributed by atoms with Gasteiger partial charge in [-0.15, -0.1) is 0 Å². The molecule has 0 atom stereocenters. The second kappa shape index (κ2) is 4.85. The maximum Gasteiger partial charge on any atom is 0.197 e. The summed E-state index contributed by atoms with van der Waals surface area (Å²) in [5.41, 5.74) is 8.04. The average Bonchev–Trinajstić information content (AvgIpc) is 2.80. The second-order valence-electron chi connectivity index (χ2n) is 4.45. The number of hydrogen-bond donors (Lipinski definition) is 2. The molecule has 0 aliphatic heterocycles. The highest BCUT2D eigenvalue weighted by atomic mass is 35.5. The molecule has 0 aliphatic rings. The molecule has 3 nitrogen and oxygen atoms in total. The molecule has 5 heteroatoms. The van der Waals surface area contributed by atoms with Crippen LogP contribution < -0.4 is 5.73 Å². The quantitative estimate of drug-likeness (QED) is 0.548. The number of fused-ring (bicyclic) bond motifs is 1. The van der Waals surface area contributed by atoms with Crippen LogP contribution in [0.4, 0.5) is 5.69 Å². The molecular weight excluding hydrogens is 295 g/mol. The normalized spacial score (nSPS) is 10.9. The van der Waals surface area contributed by atoms with Crippen LogP contribution >= 0.6 is 23.2 Å². The highest BCUT2D eigenvalue weighted by Gasteiger charge is 2.16. The van der Waals surface area contributed by atoms with Crippen molar-refractivity contribution in [2.45, 2.75) is 0 Å². The van der Waals surface area contributed by atoms with Crippen molar-refractivity contribution in [2.75, 3.05) is 5.73 Å². The Morgan fingerprint density at radius 3 is 2.45 bits per heavy atom. The van der Waals surface area contributed by atoms with Crippen LogP contribution in [-0.2, 0) is 0 Å². The van der Waals surface area contributed by atoms with Crippen molar-refractivity contribution in [2.24, 2.45) is 0 Å². The topological polar surface area (TPSA) is 58.9 Å². The van der Waals surface area contributed by atoms with Crippen LogP contribution in [0, 0.1) is 0 Å². The fourth-order valence-electron chi connectivity index (χ4n) is 2.17. The summed E-state index contributed by atoms with van der Waals surface area (Å²) in [5.74, 6) is -0.146. The van der Waals surface area contributed by atoms with E-state index in [1.807, 2.05) is 6.07 Å². The summed E-state index contributed by atoms with van der Waals surface area (Å²) in [6.07, 6.45) is 1.66. The van der Waals surface area contributed by atoms with Crippen molar-refractivity contribution in [3.05, 3.63) is 63.8 Å². The largest absolute Gasteiger partial charge is 0.398 e. The van der Waals surface area contributed by atoms with Gasteiger partial charge < -0.3 is 10.7 Å². The summed E-state index contributed by atoms with van der Waals surface area (Å²) < 4.78 is 0. The Morgan fingerprint density at radius 2 is 1.70 bits per heavy atom. The second-order valence-corrected chi connectivity index (χ2v) is 5.33. The summed E-state index contributed by atoms with van der Waals surface area (Å²) >= 11 is 11.8. The van der Waals surface area contributed by atoms with Gasteiger partial charge in [-0.3, -0.25) is 4.79 Å². The minimum atomic E-state index is -0.146. The molecule has 0 unspecified atom stereocenters. The minimum Gasteiger partial charge on any atom is -0.398 e. The molecule has 0 amide bonds. The molecular formula is C15H10Cl2N2O. The smallest absolute Gasteiger partial charge is 0.197 e. The predicted octanol–water partition coefficient (Wildman–Crippen LogP) is 4.29. The Hall–Kier alpha value is -1.97. The Morgan fingerprint density at radius 1 is 1.00 bits per heavy atom. The molecule has 0 saturated carbocycles. The summed E-state index contributed by atoms with van der Waals surface area (Å²) in [7, 11) is 0. The van der Waals surface area contributed by atoms with E-state index < -0.39 is 0 Å². The van der Waals surface area contributed by atoms with E-state index in [2.05, 4.69) is 4.98 Å². The van der Waals surface area contributed by atoms with Gasteiger partial charge >= 0.3 is 0 Å². The third-order valence-electron chi connectivity index (χ3n) is 3.15. The molecule has 0 spiro atoms. The van der Waals surface area contributed by atoms with E-state index >= 15 is 0 Å². The molecule has 100 valence electrons. The van der Waals surface area contributed by atoms with E-state index in [0.717, 1.165) is 10.9 Å². The number of ketones is 1. The van der Waals surface area contributed by atoms with Gasteiger partial charge in [-0.2, -0.15) is 0 Å². The number of hydrogen-bond acceptors (Lipinski definition) is 2. The number of nitrogens with two attached hydrogens (primary N) is 1. The van der Waals surface area contributed by atoms with E-state index in [1.165, 1.54) is 0 Å². The lowest BCUT2D eigenvalue weighted by Gasteiger charge is -2.04. The van der Waals surface area contributed by atoms with E-state index in [9.17, 15) is 4.79 Å². The van der Waals surface area contributed by atoms with Crippen molar-refractivity contribution in [3.8, 4) is 0 Å². The number of aromatic nitrogens is 1. The van der Waals surface area contributed by atoms with Crippen molar-refractivity contribution >= 4 is 45.6 Å². The van der Waals surface area contributed by atoms with Crippen LogP contribution in [0.1, 0.15) is 15.9 Å². The molecule has 0 bridgehead atoms. The number of carbonyl (C=O) groups excluding carboxylic acids is 1. The third-order valence-corrected chi connectivity index (χ3v) is 3.62. The first-order valence-electron chi connectivity index (χ1n) is 5.92. The lowest BCUT2D eigenvalue weighted by atomic mass is 10.0. The molecule has 3 N–H and O–H groups in total. The number of H-pyrrole nitrogens is 1. The zero-order valence-corrected chi connectivity index (χ0v) is 11.8. The van der Waals surface area contributed by atoms with Gasteiger partial charge in [-0.25, -0.2) is 0 Å². The lowest BCUT2D eigenvalue weighted by molar-refractivity contribution is 0.104. The van der Waals surface area contributed by atoms with Gasteiger partial charge in [-0.1, -0.05) is 29.3 Å². The van der Waals surface area contributed by atoms with Crippen LogP contribution in [0.15, 0.2) is 42.6 Å². The van der Waals surface area contributed by atoms with Crippen molar-refractivity contribution < 1.29 is 4.79 Å². The van der Waals surface area contributed by atoms with Gasteiger partial charge in [0.15, 0.2) is 5.78 Å². The lowest BCUT2D eigenvalue weighted by Crippen LogP contribution is -2.04. The minimum absolute atomic E-state index is 0.146. The summed E-state index contributed by atoms with van der Waals surface area (Å²) in [6, 6.07) is 10.2. The van der Waals surface area contributed by atoms with E-state index in [-0.39, 0.29) is 5.78 Å². The number of rotatable bonds is 2. The maximum atomic E-state index is 12.6. The monoisotopic (exact) mass is 304 g/mol. The first-order chi connectivity index (χ1) is 9.56. The molecule has 2 aromatic carbocycles. The van der Waals surface area contributed by atoms with Crippen molar-refractivity contribution in [1.82, 2.24) is 4.98 Å². The summed E-state index contributed by atoms with van der Waals surface area (Å²) in [4.78, 5) is 15.6. The third kappa shape index (κ3) is 2.15. The number of carbonyl (C=O) groups is 1. The number of halogens is 2. The van der Waals surface area contributed by atoms with E-state index in [0.29, 0.717) is 26.9 Å². The standard InChI is InChI=1S/C15H10Cl2N2O/c16-8-2-4-11(13(18)5-8)15(20)12-7-19-14-6-9(17)1-3-10(12)14/h1-7,19H,18H2.